The Morgan fingerprint density at radius 1 is 0.581 bits per heavy atom. The third kappa shape index (κ3) is 9.13. The fraction of sp³-hybridized carbons (Fsp3) is 0.0508. The van der Waals surface area contributed by atoms with Crippen molar-refractivity contribution >= 4 is 62.7 Å². The zero-order valence-electron chi connectivity index (χ0n) is 35.4. The lowest BCUT2D eigenvalue weighted by molar-refractivity contribution is 1.03. The number of nitrogens with zero attached hydrogens (tertiary/aromatic N) is 2. The number of aromatic nitrogens is 1. The molecule has 0 spiro atoms. The minimum Gasteiger partial charge on any atom is -0.387 e. The number of allylic oxidation sites excluding steroid dienone is 3. The molecule has 1 heterocycles. The fourth-order valence-electron chi connectivity index (χ4n) is 7.93. The van der Waals surface area contributed by atoms with Gasteiger partial charge in [-0.25, -0.2) is 0 Å². The van der Waals surface area contributed by atoms with E-state index < -0.39 is 0 Å². The van der Waals surface area contributed by atoms with Crippen molar-refractivity contribution in [1.29, 1.82) is 0 Å². The smallest absolute Gasteiger partial charge is 0.0555 e. The Morgan fingerprint density at radius 3 is 1.89 bits per heavy atom. The van der Waals surface area contributed by atoms with Crippen molar-refractivity contribution in [3.8, 4) is 16.8 Å². The maximum atomic E-state index is 4.18. The third-order valence-corrected chi connectivity index (χ3v) is 10.8. The van der Waals surface area contributed by atoms with E-state index in [0.29, 0.717) is 6.54 Å². The number of fused-ring (bicyclic) bond motifs is 2. The van der Waals surface area contributed by atoms with E-state index in [1.165, 1.54) is 27.5 Å². The number of hydrogen-bond acceptors (Lipinski definition) is 2. The van der Waals surface area contributed by atoms with Crippen molar-refractivity contribution in [2.24, 2.45) is 0 Å². The van der Waals surface area contributed by atoms with Crippen LogP contribution in [-0.2, 0) is 0 Å². The zero-order chi connectivity index (χ0) is 42.5. The summed E-state index contributed by atoms with van der Waals surface area (Å²) in [4.78, 5) is 2.34. The van der Waals surface area contributed by atoms with E-state index >= 15 is 0 Å². The predicted octanol–water partition coefficient (Wildman–Crippen LogP) is 14.0. The van der Waals surface area contributed by atoms with Crippen molar-refractivity contribution in [2.75, 3.05) is 11.4 Å². The van der Waals surface area contributed by atoms with Crippen LogP contribution in [0.4, 0.5) is 17.1 Å². The molecule has 1 aromatic heterocycles. The summed E-state index contributed by atoms with van der Waals surface area (Å²) >= 11 is 0. The minimum atomic E-state index is 0.628. The van der Waals surface area contributed by atoms with Crippen LogP contribution >= 0.6 is 0 Å². The Kier molecular flexibility index (Phi) is 13.1. The second-order valence-electron chi connectivity index (χ2n) is 14.7. The van der Waals surface area contributed by atoms with Crippen LogP contribution in [0.25, 0.3) is 62.4 Å². The molecule has 8 aromatic carbocycles. The van der Waals surface area contributed by atoms with E-state index in [0.717, 1.165) is 55.4 Å². The molecule has 9 aromatic rings. The lowest BCUT2D eigenvalue weighted by Crippen LogP contribution is -2.30. The van der Waals surface area contributed by atoms with Gasteiger partial charge in [-0.1, -0.05) is 196 Å². The lowest BCUT2D eigenvalue weighted by atomic mass is 10.0. The van der Waals surface area contributed by atoms with Crippen LogP contribution in [0.15, 0.2) is 231 Å². The quantitative estimate of drug-likeness (QED) is 0.0981. The summed E-state index contributed by atoms with van der Waals surface area (Å²) < 4.78 is 2.36. The van der Waals surface area contributed by atoms with Gasteiger partial charge in [0.25, 0.3) is 0 Å². The topological polar surface area (TPSA) is 20.2 Å². The zero-order valence-corrected chi connectivity index (χ0v) is 35.4. The highest BCUT2D eigenvalue weighted by atomic mass is 15.1. The highest BCUT2D eigenvalue weighted by Crippen LogP contribution is 2.37. The molecule has 0 unspecified atom stereocenters. The van der Waals surface area contributed by atoms with Gasteiger partial charge in [0.05, 0.1) is 10.9 Å². The SMILES string of the molecule is C=C/C=c1\c(=C/NC/C=C(\C=C/c2ccccc2)c2ccccc2)c2cc(N(c3ccccc3)c3ccc(-c4ccccc4)cc3)ccc2n1-c1ccc2ccccc2c1.CC. The maximum absolute atomic E-state index is 4.18. The predicted molar refractivity (Wildman–Crippen MR) is 269 cm³/mol. The Balaban J connectivity index is 0.00000261. The van der Waals surface area contributed by atoms with E-state index in [4.69, 9.17) is 0 Å². The van der Waals surface area contributed by atoms with Crippen molar-refractivity contribution in [3.05, 3.63) is 253 Å². The highest BCUT2D eigenvalue weighted by Gasteiger charge is 2.17. The van der Waals surface area contributed by atoms with Gasteiger partial charge >= 0.3 is 0 Å². The first kappa shape index (κ1) is 40.9. The van der Waals surface area contributed by atoms with E-state index in [1.54, 1.807) is 0 Å². The fourth-order valence-corrected chi connectivity index (χ4v) is 7.93. The molecule has 0 aliphatic carbocycles. The molecule has 62 heavy (non-hydrogen) atoms. The summed E-state index contributed by atoms with van der Waals surface area (Å²) in [6.07, 6.45) is 12.8. The van der Waals surface area contributed by atoms with Crippen LogP contribution in [0.5, 0.6) is 0 Å². The van der Waals surface area contributed by atoms with Gasteiger partial charge in [0.1, 0.15) is 0 Å². The Morgan fingerprint density at radius 2 is 1.18 bits per heavy atom. The lowest BCUT2D eigenvalue weighted by Gasteiger charge is -2.26. The van der Waals surface area contributed by atoms with Gasteiger partial charge in [0.2, 0.25) is 0 Å². The van der Waals surface area contributed by atoms with Crippen LogP contribution < -0.4 is 20.8 Å². The standard InChI is InChI=1S/C57H45N3.C2H6/c1-2-17-56-55(42-58-39-38-48(45-22-11-5-12-23-45)29-28-43-18-7-3-8-19-43)54-41-53(36-37-57(54)60(56)52-35-32-46-24-15-16-25-49(46)40-52)59(50-26-13-6-14-27-50)51-33-30-47(31-34-51)44-20-9-4-10-21-44;1-2/h2-38,40-42,58H,1,39H2;1-2H3/b29-28-,48-38+,55-42-,56-17+;. The average molecular weight is 802 g/mol. The first-order valence-electron chi connectivity index (χ1n) is 21.4. The molecule has 0 saturated heterocycles. The molecular formula is C59H51N3. The second kappa shape index (κ2) is 19.9. The molecule has 9 rings (SSSR count). The number of nitrogens with one attached hydrogen (secondary N) is 1. The molecule has 1 N–H and O–H groups in total. The molecule has 0 fully saturated rings. The van der Waals surface area contributed by atoms with Gasteiger partial charge in [-0.3, -0.25) is 0 Å². The Bertz CT molecular complexity index is 3070. The Hall–Kier alpha value is -7.88. The molecule has 0 aliphatic rings. The molecule has 0 radical (unpaired) electrons. The van der Waals surface area contributed by atoms with Crippen LogP contribution in [0.2, 0.25) is 0 Å². The molecule has 0 bridgehead atoms. The van der Waals surface area contributed by atoms with E-state index in [2.05, 4.69) is 252 Å². The third-order valence-electron chi connectivity index (χ3n) is 10.8. The summed E-state index contributed by atoms with van der Waals surface area (Å²) in [6.45, 7) is 8.80. The maximum Gasteiger partial charge on any atom is 0.0555 e. The van der Waals surface area contributed by atoms with Gasteiger partial charge < -0.3 is 14.8 Å². The molecule has 3 heteroatoms. The minimum absolute atomic E-state index is 0.628. The van der Waals surface area contributed by atoms with Gasteiger partial charge in [0, 0.05) is 46.1 Å². The first-order chi connectivity index (χ1) is 30.7. The van der Waals surface area contributed by atoms with E-state index in [9.17, 15) is 0 Å². The normalized spacial score (nSPS) is 12.1. The molecule has 0 atom stereocenters. The Labute approximate surface area is 365 Å². The monoisotopic (exact) mass is 801 g/mol. The molecule has 302 valence electrons. The van der Waals surface area contributed by atoms with E-state index in [1.807, 2.05) is 26.0 Å². The van der Waals surface area contributed by atoms with Crippen LogP contribution in [0.1, 0.15) is 25.0 Å². The summed E-state index contributed by atoms with van der Waals surface area (Å²) in [5, 5.41) is 9.37. The second-order valence-corrected chi connectivity index (χ2v) is 14.7. The van der Waals surface area contributed by atoms with Gasteiger partial charge in [-0.05, 0) is 99.3 Å². The van der Waals surface area contributed by atoms with Crippen molar-refractivity contribution in [1.82, 2.24) is 9.88 Å². The van der Waals surface area contributed by atoms with Crippen LogP contribution in [0, 0.1) is 0 Å². The molecule has 0 amide bonds. The molecular weight excluding hydrogens is 751 g/mol. The highest BCUT2D eigenvalue weighted by molar-refractivity contribution is 5.92. The van der Waals surface area contributed by atoms with Gasteiger partial charge in [0.15, 0.2) is 0 Å². The van der Waals surface area contributed by atoms with Crippen LogP contribution in [0.3, 0.4) is 0 Å². The largest absolute Gasteiger partial charge is 0.387 e. The number of benzene rings is 8. The molecule has 3 nitrogen and oxygen atoms in total. The summed E-state index contributed by atoms with van der Waals surface area (Å²) in [7, 11) is 0. The molecule has 0 aliphatic heterocycles. The number of anilines is 3. The summed E-state index contributed by atoms with van der Waals surface area (Å²) in [5.41, 5.74) is 11.3. The summed E-state index contributed by atoms with van der Waals surface area (Å²) in [5.74, 6) is 0. The van der Waals surface area contributed by atoms with Gasteiger partial charge in [-0.15, -0.1) is 0 Å². The number of para-hydroxylation sites is 1. The first-order valence-corrected chi connectivity index (χ1v) is 21.4. The van der Waals surface area contributed by atoms with Crippen molar-refractivity contribution in [2.45, 2.75) is 13.8 Å². The molecule has 0 saturated carbocycles. The van der Waals surface area contributed by atoms with Crippen molar-refractivity contribution < 1.29 is 0 Å². The average Bonchev–Trinajstić information content (AvgIpc) is 3.65. The van der Waals surface area contributed by atoms with Crippen molar-refractivity contribution in [3.63, 3.8) is 0 Å². The number of rotatable bonds is 12. The van der Waals surface area contributed by atoms with Crippen LogP contribution in [-0.4, -0.2) is 11.1 Å². The van der Waals surface area contributed by atoms with Gasteiger partial charge in [-0.2, -0.15) is 0 Å². The summed E-state index contributed by atoms with van der Waals surface area (Å²) in [6, 6.07) is 73.0. The number of hydrogen-bond donors (Lipinski definition) is 1. The van der Waals surface area contributed by atoms with E-state index in [-0.39, 0.29) is 0 Å².